The zero-order chi connectivity index (χ0) is 19.9. The molecule has 0 unspecified atom stereocenters. The van der Waals surface area contributed by atoms with E-state index in [-0.39, 0.29) is 10.8 Å². The monoisotopic (exact) mass is 352 g/mol. The van der Waals surface area contributed by atoms with Gasteiger partial charge in [-0.1, -0.05) is 65.8 Å². The first-order valence-corrected chi connectivity index (χ1v) is 9.74. The van der Waals surface area contributed by atoms with Crippen molar-refractivity contribution in [3.8, 4) is 5.75 Å². The van der Waals surface area contributed by atoms with E-state index >= 15 is 0 Å². The summed E-state index contributed by atoms with van der Waals surface area (Å²) in [6, 6.07) is 9.05. The van der Waals surface area contributed by atoms with Crippen molar-refractivity contribution in [2.24, 2.45) is 0 Å². The standard InChI is InChI=1S/C25H36O/c1-16-12-18(3)20(13-17(16)2)11-10-19-14-21(24(4,5)6)23(26)22(15-19)25(7,8)9/h12-15,26H,10-11H2,1-9H3. The van der Waals surface area contributed by atoms with Gasteiger partial charge < -0.3 is 5.11 Å². The van der Waals surface area contributed by atoms with Gasteiger partial charge in [-0.2, -0.15) is 0 Å². The van der Waals surface area contributed by atoms with Crippen molar-refractivity contribution in [2.75, 3.05) is 0 Å². The number of aryl methyl sites for hydroxylation is 5. The Morgan fingerprint density at radius 3 is 1.58 bits per heavy atom. The second kappa shape index (κ2) is 7.10. The lowest BCUT2D eigenvalue weighted by atomic mass is 9.78. The van der Waals surface area contributed by atoms with Crippen LogP contribution in [-0.2, 0) is 23.7 Å². The molecule has 0 saturated carbocycles. The van der Waals surface area contributed by atoms with Crippen LogP contribution < -0.4 is 0 Å². The van der Waals surface area contributed by atoms with Crippen LogP contribution in [0.5, 0.6) is 5.75 Å². The van der Waals surface area contributed by atoms with E-state index in [9.17, 15) is 5.11 Å². The van der Waals surface area contributed by atoms with Crippen LogP contribution in [0.15, 0.2) is 24.3 Å². The van der Waals surface area contributed by atoms with Crippen LogP contribution in [0, 0.1) is 20.8 Å². The minimum atomic E-state index is -0.0730. The second-order valence-corrected chi connectivity index (χ2v) is 9.90. The quantitative estimate of drug-likeness (QED) is 0.652. The molecule has 26 heavy (non-hydrogen) atoms. The molecule has 0 radical (unpaired) electrons. The third kappa shape index (κ3) is 4.50. The topological polar surface area (TPSA) is 20.2 Å². The Hall–Kier alpha value is -1.76. The maximum Gasteiger partial charge on any atom is 0.123 e. The van der Waals surface area contributed by atoms with E-state index in [1.54, 1.807) is 0 Å². The first-order chi connectivity index (χ1) is 11.8. The van der Waals surface area contributed by atoms with Gasteiger partial charge in [-0.15, -0.1) is 0 Å². The molecule has 0 saturated heterocycles. The van der Waals surface area contributed by atoms with Gasteiger partial charge >= 0.3 is 0 Å². The number of rotatable bonds is 3. The summed E-state index contributed by atoms with van der Waals surface area (Å²) in [6.45, 7) is 19.6. The lowest BCUT2D eigenvalue weighted by Gasteiger charge is -2.28. The molecular formula is C25H36O. The molecule has 0 aliphatic heterocycles. The van der Waals surface area contributed by atoms with E-state index in [0.717, 1.165) is 24.0 Å². The summed E-state index contributed by atoms with van der Waals surface area (Å²) in [5.41, 5.74) is 8.80. The Labute approximate surface area is 160 Å². The summed E-state index contributed by atoms with van der Waals surface area (Å²) in [7, 11) is 0. The van der Waals surface area contributed by atoms with Gasteiger partial charge in [0.1, 0.15) is 5.75 Å². The number of phenols is 1. The highest BCUT2D eigenvalue weighted by atomic mass is 16.3. The maximum absolute atomic E-state index is 10.9. The molecule has 2 aromatic rings. The van der Waals surface area contributed by atoms with E-state index < -0.39 is 0 Å². The minimum Gasteiger partial charge on any atom is -0.507 e. The molecule has 0 aromatic heterocycles. The molecule has 0 amide bonds. The van der Waals surface area contributed by atoms with Crippen molar-refractivity contribution in [1.82, 2.24) is 0 Å². The smallest absolute Gasteiger partial charge is 0.123 e. The normalized spacial score (nSPS) is 12.5. The number of hydrogen-bond donors (Lipinski definition) is 1. The van der Waals surface area contributed by atoms with Gasteiger partial charge in [0.15, 0.2) is 0 Å². The minimum absolute atomic E-state index is 0.0730. The fraction of sp³-hybridized carbons (Fsp3) is 0.520. The molecule has 1 heteroatoms. The molecule has 0 bridgehead atoms. The summed E-state index contributed by atoms with van der Waals surface area (Å²) in [5, 5.41) is 10.9. The third-order valence-corrected chi connectivity index (χ3v) is 5.42. The lowest BCUT2D eigenvalue weighted by Crippen LogP contribution is -2.18. The molecular weight excluding hydrogens is 316 g/mol. The molecule has 0 heterocycles. The van der Waals surface area contributed by atoms with Gasteiger partial charge in [0, 0.05) is 0 Å². The van der Waals surface area contributed by atoms with Crippen LogP contribution in [0.2, 0.25) is 0 Å². The van der Waals surface area contributed by atoms with Gasteiger partial charge in [-0.3, -0.25) is 0 Å². The van der Waals surface area contributed by atoms with Crippen molar-refractivity contribution in [2.45, 2.75) is 86.0 Å². The van der Waals surface area contributed by atoms with Gasteiger partial charge in [0.05, 0.1) is 0 Å². The Morgan fingerprint density at radius 2 is 1.12 bits per heavy atom. The summed E-state index contributed by atoms with van der Waals surface area (Å²) < 4.78 is 0. The molecule has 0 atom stereocenters. The Bertz CT molecular complexity index is 763. The van der Waals surface area contributed by atoms with Crippen LogP contribution in [0.1, 0.15) is 80.5 Å². The van der Waals surface area contributed by atoms with E-state index in [1.807, 2.05) is 0 Å². The first kappa shape index (κ1) is 20.6. The molecule has 142 valence electrons. The van der Waals surface area contributed by atoms with Crippen LogP contribution >= 0.6 is 0 Å². The fourth-order valence-electron chi connectivity index (χ4n) is 3.55. The van der Waals surface area contributed by atoms with Crippen molar-refractivity contribution < 1.29 is 5.11 Å². The highest BCUT2D eigenvalue weighted by Crippen LogP contribution is 2.40. The Kier molecular flexibility index (Phi) is 5.61. The van der Waals surface area contributed by atoms with E-state index in [0.29, 0.717) is 5.75 Å². The molecule has 1 nitrogen and oxygen atoms in total. The Balaban J connectivity index is 2.42. The molecule has 0 fully saturated rings. The second-order valence-electron chi connectivity index (χ2n) is 9.90. The third-order valence-electron chi connectivity index (χ3n) is 5.42. The predicted octanol–water partition coefficient (Wildman–Crippen LogP) is 6.70. The van der Waals surface area contributed by atoms with Crippen LogP contribution in [0.4, 0.5) is 0 Å². The number of phenolic OH excluding ortho intramolecular Hbond substituents is 1. The van der Waals surface area contributed by atoms with Crippen molar-refractivity contribution in [3.05, 3.63) is 63.2 Å². The van der Waals surface area contributed by atoms with Crippen molar-refractivity contribution in [1.29, 1.82) is 0 Å². The van der Waals surface area contributed by atoms with Crippen LogP contribution in [-0.4, -0.2) is 5.11 Å². The Morgan fingerprint density at radius 1 is 0.654 bits per heavy atom. The van der Waals surface area contributed by atoms with Crippen LogP contribution in [0.3, 0.4) is 0 Å². The van der Waals surface area contributed by atoms with Gasteiger partial charge in [-0.05, 0) is 83.4 Å². The predicted molar refractivity (Wildman–Crippen MR) is 114 cm³/mol. The molecule has 0 aliphatic carbocycles. The summed E-state index contributed by atoms with van der Waals surface area (Å²) in [6.07, 6.45) is 2.03. The molecule has 1 N–H and O–H groups in total. The van der Waals surface area contributed by atoms with E-state index in [4.69, 9.17) is 0 Å². The lowest BCUT2D eigenvalue weighted by molar-refractivity contribution is 0.422. The summed E-state index contributed by atoms with van der Waals surface area (Å²) in [5.74, 6) is 0.469. The summed E-state index contributed by atoms with van der Waals surface area (Å²) in [4.78, 5) is 0. The average Bonchev–Trinajstić information content (AvgIpc) is 2.48. The number of benzene rings is 2. The largest absolute Gasteiger partial charge is 0.507 e. The van der Waals surface area contributed by atoms with Crippen molar-refractivity contribution in [3.63, 3.8) is 0 Å². The zero-order valence-corrected chi connectivity index (χ0v) is 18.2. The first-order valence-electron chi connectivity index (χ1n) is 9.74. The van der Waals surface area contributed by atoms with E-state index in [2.05, 4.69) is 86.6 Å². The fourth-order valence-corrected chi connectivity index (χ4v) is 3.55. The average molecular weight is 353 g/mol. The van der Waals surface area contributed by atoms with Gasteiger partial charge in [-0.25, -0.2) is 0 Å². The summed E-state index contributed by atoms with van der Waals surface area (Å²) >= 11 is 0. The van der Waals surface area contributed by atoms with Crippen LogP contribution in [0.25, 0.3) is 0 Å². The molecule has 2 aromatic carbocycles. The number of aromatic hydroxyl groups is 1. The molecule has 2 rings (SSSR count). The molecule has 0 spiro atoms. The SMILES string of the molecule is Cc1cc(C)c(CCc2cc(C(C)(C)C)c(O)c(C(C)(C)C)c2)cc1C. The zero-order valence-electron chi connectivity index (χ0n) is 18.2. The van der Waals surface area contributed by atoms with Gasteiger partial charge in [0.2, 0.25) is 0 Å². The van der Waals surface area contributed by atoms with Crippen molar-refractivity contribution >= 4 is 0 Å². The highest BCUT2D eigenvalue weighted by molar-refractivity contribution is 5.50. The molecule has 0 aliphatic rings. The van der Waals surface area contributed by atoms with Gasteiger partial charge in [0.25, 0.3) is 0 Å². The number of hydrogen-bond acceptors (Lipinski definition) is 1. The maximum atomic E-state index is 10.9. The van der Waals surface area contributed by atoms with E-state index in [1.165, 1.54) is 27.8 Å². The highest BCUT2D eigenvalue weighted by Gasteiger charge is 2.26.